The minimum atomic E-state index is 0.186. The monoisotopic (exact) mass is 267 g/mol. The van der Waals surface area contributed by atoms with Crippen LogP contribution in [0.15, 0.2) is 18.2 Å². The molecule has 0 heterocycles. The SMILES string of the molecule is COc1ccc(CCNC(=O)C2CCC2)c(Cl)c1. The summed E-state index contributed by atoms with van der Waals surface area (Å²) in [4.78, 5) is 11.6. The maximum absolute atomic E-state index is 11.6. The molecule has 0 radical (unpaired) electrons. The van der Waals surface area contributed by atoms with Crippen molar-refractivity contribution in [2.75, 3.05) is 13.7 Å². The van der Waals surface area contributed by atoms with E-state index in [0.29, 0.717) is 11.6 Å². The van der Waals surface area contributed by atoms with Crippen LogP contribution in [-0.2, 0) is 11.2 Å². The lowest BCUT2D eigenvalue weighted by molar-refractivity contribution is -0.127. The topological polar surface area (TPSA) is 38.3 Å². The summed E-state index contributed by atoms with van der Waals surface area (Å²) in [6, 6.07) is 5.62. The second-order valence-electron chi connectivity index (χ2n) is 4.63. The Morgan fingerprint density at radius 1 is 1.50 bits per heavy atom. The maximum Gasteiger partial charge on any atom is 0.223 e. The Morgan fingerprint density at radius 2 is 2.28 bits per heavy atom. The normalized spacial score (nSPS) is 15.0. The van der Waals surface area contributed by atoms with Crippen molar-refractivity contribution < 1.29 is 9.53 Å². The third-order valence-corrected chi connectivity index (χ3v) is 3.78. The average Bonchev–Trinajstić information content (AvgIpc) is 2.29. The van der Waals surface area contributed by atoms with Gasteiger partial charge in [-0.1, -0.05) is 24.1 Å². The summed E-state index contributed by atoms with van der Waals surface area (Å²) < 4.78 is 5.09. The van der Waals surface area contributed by atoms with Crippen LogP contribution in [-0.4, -0.2) is 19.6 Å². The van der Waals surface area contributed by atoms with Crippen LogP contribution >= 0.6 is 11.6 Å². The van der Waals surface area contributed by atoms with Gasteiger partial charge in [-0.2, -0.15) is 0 Å². The van der Waals surface area contributed by atoms with Crippen LogP contribution in [0.5, 0.6) is 5.75 Å². The molecule has 1 amide bonds. The van der Waals surface area contributed by atoms with E-state index in [1.807, 2.05) is 12.1 Å². The molecule has 4 heteroatoms. The molecule has 0 bridgehead atoms. The number of carbonyl (C=O) groups is 1. The highest BCUT2D eigenvalue weighted by Crippen LogP contribution is 2.26. The number of benzene rings is 1. The summed E-state index contributed by atoms with van der Waals surface area (Å²) in [5.41, 5.74) is 1.03. The second-order valence-corrected chi connectivity index (χ2v) is 5.03. The lowest BCUT2D eigenvalue weighted by atomic mass is 9.85. The first-order chi connectivity index (χ1) is 8.70. The fraction of sp³-hybridized carbons (Fsp3) is 0.500. The molecular weight excluding hydrogens is 250 g/mol. The average molecular weight is 268 g/mol. The van der Waals surface area contributed by atoms with Gasteiger partial charge >= 0.3 is 0 Å². The largest absolute Gasteiger partial charge is 0.497 e. The number of halogens is 1. The number of carbonyl (C=O) groups excluding carboxylic acids is 1. The van der Waals surface area contributed by atoms with E-state index in [-0.39, 0.29) is 11.8 Å². The van der Waals surface area contributed by atoms with E-state index in [2.05, 4.69) is 5.32 Å². The van der Waals surface area contributed by atoms with Gasteiger partial charge in [-0.15, -0.1) is 0 Å². The highest BCUT2D eigenvalue weighted by Gasteiger charge is 2.24. The highest BCUT2D eigenvalue weighted by molar-refractivity contribution is 6.31. The third kappa shape index (κ3) is 3.16. The summed E-state index contributed by atoms with van der Waals surface area (Å²) >= 11 is 6.13. The number of hydrogen-bond acceptors (Lipinski definition) is 2. The zero-order chi connectivity index (χ0) is 13.0. The molecule has 3 nitrogen and oxygen atoms in total. The quantitative estimate of drug-likeness (QED) is 0.891. The zero-order valence-electron chi connectivity index (χ0n) is 10.5. The van der Waals surface area contributed by atoms with Crippen molar-refractivity contribution in [3.8, 4) is 5.75 Å². The van der Waals surface area contributed by atoms with Gasteiger partial charge in [-0.05, 0) is 37.0 Å². The number of ether oxygens (including phenoxy) is 1. The van der Waals surface area contributed by atoms with Crippen LogP contribution in [0.1, 0.15) is 24.8 Å². The van der Waals surface area contributed by atoms with E-state index in [1.54, 1.807) is 13.2 Å². The molecule has 0 atom stereocenters. The summed E-state index contributed by atoms with van der Waals surface area (Å²) in [5, 5.41) is 3.65. The first-order valence-electron chi connectivity index (χ1n) is 6.31. The van der Waals surface area contributed by atoms with E-state index >= 15 is 0 Å². The summed E-state index contributed by atoms with van der Waals surface area (Å²) in [5.74, 6) is 1.18. The van der Waals surface area contributed by atoms with E-state index in [1.165, 1.54) is 6.42 Å². The van der Waals surface area contributed by atoms with Crippen LogP contribution in [0, 0.1) is 5.92 Å². The van der Waals surface area contributed by atoms with Crippen molar-refractivity contribution in [2.24, 2.45) is 5.92 Å². The van der Waals surface area contributed by atoms with Gasteiger partial charge in [0.2, 0.25) is 5.91 Å². The number of hydrogen-bond donors (Lipinski definition) is 1. The van der Waals surface area contributed by atoms with Gasteiger partial charge < -0.3 is 10.1 Å². The van der Waals surface area contributed by atoms with Gasteiger partial charge in [0.15, 0.2) is 0 Å². The van der Waals surface area contributed by atoms with E-state index in [0.717, 1.165) is 30.6 Å². The van der Waals surface area contributed by atoms with Gasteiger partial charge in [-0.3, -0.25) is 4.79 Å². The fourth-order valence-corrected chi connectivity index (χ4v) is 2.26. The summed E-state index contributed by atoms with van der Waals surface area (Å²) in [6.45, 7) is 0.640. The van der Waals surface area contributed by atoms with E-state index in [9.17, 15) is 4.79 Å². The van der Waals surface area contributed by atoms with Crippen molar-refractivity contribution in [1.29, 1.82) is 0 Å². The van der Waals surface area contributed by atoms with Crippen molar-refractivity contribution in [3.63, 3.8) is 0 Å². The van der Waals surface area contributed by atoms with E-state index in [4.69, 9.17) is 16.3 Å². The van der Waals surface area contributed by atoms with Crippen molar-refractivity contribution in [3.05, 3.63) is 28.8 Å². The number of rotatable bonds is 5. The summed E-state index contributed by atoms with van der Waals surface area (Å²) in [6.07, 6.45) is 4.01. The standard InChI is InChI=1S/C14H18ClNO2/c1-18-12-6-5-10(13(15)9-12)7-8-16-14(17)11-3-2-4-11/h5-6,9,11H,2-4,7-8H2,1H3,(H,16,17). The molecule has 1 aromatic carbocycles. The van der Waals surface area contributed by atoms with Gasteiger partial charge in [0.05, 0.1) is 7.11 Å². The van der Waals surface area contributed by atoms with Gasteiger partial charge in [0.25, 0.3) is 0 Å². The van der Waals surface area contributed by atoms with Crippen LogP contribution in [0.3, 0.4) is 0 Å². The van der Waals surface area contributed by atoms with Crippen LogP contribution < -0.4 is 10.1 Å². The Bertz CT molecular complexity index is 430. The number of nitrogens with one attached hydrogen (secondary N) is 1. The molecule has 18 heavy (non-hydrogen) atoms. The molecule has 0 saturated heterocycles. The molecule has 1 aliphatic rings. The molecule has 0 spiro atoms. The van der Waals surface area contributed by atoms with Crippen LogP contribution in [0.25, 0.3) is 0 Å². The minimum absolute atomic E-state index is 0.186. The Balaban J connectivity index is 1.80. The van der Waals surface area contributed by atoms with Gasteiger partial charge in [-0.25, -0.2) is 0 Å². The molecule has 1 saturated carbocycles. The fourth-order valence-electron chi connectivity index (χ4n) is 1.99. The number of amides is 1. The van der Waals surface area contributed by atoms with Gasteiger partial charge in [0.1, 0.15) is 5.75 Å². The molecule has 0 aliphatic heterocycles. The molecule has 2 rings (SSSR count). The molecule has 98 valence electrons. The first kappa shape index (κ1) is 13.2. The Kier molecular flexibility index (Phi) is 4.48. The van der Waals surface area contributed by atoms with Gasteiger partial charge in [0, 0.05) is 17.5 Å². The lowest BCUT2D eigenvalue weighted by Gasteiger charge is -2.24. The predicted molar refractivity (Wildman–Crippen MR) is 72.1 cm³/mol. The van der Waals surface area contributed by atoms with Crippen molar-refractivity contribution in [2.45, 2.75) is 25.7 Å². The molecular formula is C14H18ClNO2. The Morgan fingerprint density at radius 3 is 2.83 bits per heavy atom. The second kappa shape index (κ2) is 6.10. The van der Waals surface area contributed by atoms with E-state index < -0.39 is 0 Å². The van der Waals surface area contributed by atoms with Crippen LogP contribution in [0.2, 0.25) is 5.02 Å². The Hall–Kier alpha value is -1.22. The number of methoxy groups -OCH3 is 1. The molecule has 1 fully saturated rings. The molecule has 1 N–H and O–H groups in total. The first-order valence-corrected chi connectivity index (χ1v) is 6.68. The molecule has 1 aliphatic carbocycles. The third-order valence-electron chi connectivity index (χ3n) is 3.43. The minimum Gasteiger partial charge on any atom is -0.497 e. The Labute approximate surface area is 112 Å². The van der Waals surface area contributed by atoms with Crippen molar-refractivity contribution in [1.82, 2.24) is 5.32 Å². The summed E-state index contributed by atoms with van der Waals surface area (Å²) in [7, 11) is 1.62. The smallest absolute Gasteiger partial charge is 0.223 e. The lowest BCUT2D eigenvalue weighted by Crippen LogP contribution is -2.35. The molecule has 0 aromatic heterocycles. The zero-order valence-corrected chi connectivity index (χ0v) is 11.3. The predicted octanol–water partition coefficient (Wildman–Crippen LogP) is 2.81. The molecule has 1 aromatic rings. The highest BCUT2D eigenvalue weighted by atomic mass is 35.5. The maximum atomic E-state index is 11.6. The molecule has 0 unspecified atom stereocenters. The van der Waals surface area contributed by atoms with Crippen LogP contribution in [0.4, 0.5) is 0 Å². The van der Waals surface area contributed by atoms with Crippen molar-refractivity contribution >= 4 is 17.5 Å².